The van der Waals surface area contributed by atoms with Gasteiger partial charge in [0, 0.05) is 25.0 Å². The first-order valence-electron chi connectivity index (χ1n) is 6.99. The third-order valence-electron chi connectivity index (χ3n) is 4.63. The van der Waals surface area contributed by atoms with Crippen LogP contribution in [0.5, 0.6) is 0 Å². The first kappa shape index (κ1) is 15.0. The van der Waals surface area contributed by atoms with Gasteiger partial charge in [-0.1, -0.05) is 32.0 Å². The summed E-state index contributed by atoms with van der Waals surface area (Å²) in [5, 5.41) is 19.6. The highest BCUT2D eigenvalue weighted by Crippen LogP contribution is 2.38. The van der Waals surface area contributed by atoms with Crippen molar-refractivity contribution in [2.75, 3.05) is 13.1 Å². The highest BCUT2D eigenvalue weighted by atomic mass is 16.4. The number of carboxylic acids is 1. The Morgan fingerprint density at radius 3 is 2.55 bits per heavy atom. The Bertz CT molecular complexity index is 508. The maximum absolute atomic E-state index is 11.2. The van der Waals surface area contributed by atoms with Crippen molar-refractivity contribution >= 4 is 5.97 Å². The summed E-state index contributed by atoms with van der Waals surface area (Å²) in [5.41, 5.74) is 0.319. The van der Waals surface area contributed by atoms with E-state index in [9.17, 15) is 15.0 Å². The lowest BCUT2D eigenvalue weighted by Crippen LogP contribution is -2.55. The predicted molar refractivity (Wildman–Crippen MR) is 77.7 cm³/mol. The number of piperidine rings is 1. The number of carboxylic acid groups (broad SMARTS) is 1. The summed E-state index contributed by atoms with van der Waals surface area (Å²) in [4.78, 5) is 13.5. The first-order valence-corrected chi connectivity index (χ1v) is 6.99. The fourth-order valence-corrected chi connectivity index (χ4v) is 2.77. The Balaban J connectivity index is 2.15. The number of aromatic carboxylic acids is 1. The van der Waals surface area contributed by atoms with Crippen LogP contribution in [-0.4, -0.2) is 39.8 Å². The minimum absolute atomic E-state index is 0.205. The van der Waals surface area contributed by atoms with E-state index >= 15 is 0 Å². The second kappa shape index (κ2) is 5.19. The molecule has 0 bridgehead atoms. The van der Waals surface area contributed by atoms with Crippen molar-refractivity contribution in [1.82, 2.24) is 4.90 Å². The molecule has 1 heterocycles. The highest BCUT2D eigenvalue weighted by molar-refractivity contribution is 5.89. The van der Waals surface area contributed by atoms with Crippen LogP contribution in [0.2, 0.25) is 0 Å². The third-order valence-corrected chi connectivity index (χ3v) is 4.63. The van der Waals surface area contributed by atoms with E-state index in [-0.39, 0.29) is 5.41 Å². The molecule has 1 aliphatic rings. The summed E-state index contributed by atoms with van der Waals surface area (Å²) in [6, 6.07) is 7.12. The monoisotopic (exact) mass is 277 g/mol. The molecular weight excluding hydrogens is 254 g/mol. The lowest BCUT2D eigenvalue weighted by molar-refractivity contribution is -0.107. The zero-order valence-electron chi connectivity index (χ0n) is 12.4. The van der Waals surface area contributed by atoms with E-state index < -0.39 is 11.6 Å². The van der Waals surface area contributed by atoms with E-state index in [2.05, 4.69) is 18.7 Å². The van der Waals surface area contributed by atoms with Gasteiger partial charge in [-0.2, -0.15) is 0 Å². The van der Waals surface area contributed by atoms with Gasteiger partial charge in [-0.25, -0.2) is 4.79 Å². The van der Waals surface area contributed by atoms with Gasteiger partial charge in [-0.3, -0.25) is 4.90 Å². The van der Waals surface area contributed by atoms with Gasteiger partial charge in [-0.05, 0) is 25.0 Å². The Labute approximate surface area is 120 Å². The summed E-state index contributed by atoms with van der Waals surface area (Å²) in [5.74, 6) is -0.885. The molecule has 1 atom stereocenters. The molecule has 1 saturated heterocycles. The fraction of sp³-hybridized carbons (Fsp3) is 0.562. The molecule has 1 aromatic rings. The molecule has 20 heavy (non-hydrogen) atoms. The molecule has 4 heteroatoms. The average molecular weight is 277 g/mol. The quantitative estimate of drug-likeness (QED) is 0.890. The minimum atomic E-state index is -0.885. The van der Waals surface area contributed by atoms with Gasteiger partial charge in [0.1, 0.15) is 0 Å². The van der Waals surface area contributed by atoms with Crippen molar-refractivity contribution in [3.05, 3.63) is 35.4 Å². The second-order valence-corrected chi connectivity index (χ2v) is 6.58. The lowest BCUT2D eigenvalue weighted by Gasteiger charge is -2.48. The van der Waals surface area contributed by atoms with E-state index in [0.29, 0.717) is 18.5 Å². The molecule has 2 N–H and O–H groups in total. The molecule has 0 aliphatic carbocycles. The minimum Gasteiger partial charge on any atom is -0.478 e. The maximum atomic E-state index is 11.2. The van der Waals surface area contributed by atoms with Gasteiger partial charge < -0.3 is 10.2 Å². The molecule has 2 rings (SSSR count). The summed E-state index contributed by atoms with van der Waals surface area (Å²) in [6.07, 6.45) is 0.704. The van der Waals surface area contributed by atoms with E-state index in [0.717, 1.165) is 18.7 Å². The average Bonchev–Trinajstić information content (AvgIpc) is 2.34. The van der Waals surface area contributed by atoms with Crippen molar-refractivity contribution in [2.45, 2.75) is 39.3 Å². The van der Waals surface area contributed by atoms with E-state index in [4.69, 9.17) is 0 Å². The summed E-state index contributed by atoms with van der Waals surface area (Å²) >= 11 is 0. The van der Waals surface area contributed by atoms with Crippen LogP contribution in [0, 0.1) is 5.41 Å². The van der Waals surface area contributed by atoms with Crippen molar-refractivity contribution in [1.29, 1.82) is 0 Å². The largest absolute Gasteiger partial charge is 0.478 e. The van der Waals surface area contributed by atoms with Crippen LogP contribution in [-0.2, 0) is 6.54 Å². The smallest absolute Gasteiger partial charge is 0.336 e. The van der Waals surface area contributed by atoms with E-state index in [1.54, 1.807) is 12.1 Å². The normalized spacial score (nSPS) is 26.4. The topological polar surface area (TPSA) is 60.8 Å². The zero-order valence-corrected chi connectivity index (χ0v) is 12.4. The molecule has 1 fully saturated rings. The van der Waals surface area contributed by atoms with Gasteiger partial charge in [-0.15, -0.1) is 0 Å². The Hall–Kier alpha value is -1.39. The zero-order chi connectivity index (χ0) is 15.0. The number of aliphatic hydroxyl groups is 1. The Morgan fingerprint density at radius 1 is 1.30 bits per heavy atom. The van der Waals surface area contributed by atoms with Crippen LogP contribution in [0.3, 0.4) is 0 Å². The number of benzene rings is 1. The molecule has 0 unspecified atom stereocenters. The standard InChI is InChI=1S/C16H23NO3/c1-15(2)11-17(9-8-16(15,3)20)10-12-6-4-5-7-13(12)14(18)19/h4-7,20H,8-11H2,1-3H3,(H,18,19)/t16-/m0/s1. The van der Waals surface area contributed by atoms with Gasteiger partial charge >= 0.3 is 5.97 Å². The summed E-state index contributed by atoms with van der Waals surface area (Å²) < 4.78 is 0. The number of carbonyl (C=O) groups is 1. The molecule has 0 aromatic heterocycles. The first-order chi connectivity index (χ1) is 9.23. The van der Waals surface area contributed by atoms with Gasteiger partial charge in [0.25, 0.3) is 0 Å². The number of nitrogens with zero attached hydrogens (tertiary/aromatic N) is 1. The molecule has 4 nitrogen and oxygen atoms in total. The Kier molecular flexibility index (Phi) is 3.89. The number of likely N-dealkylation sites (tertiary alicyclic amines) is 1. The van der Waals surface area contributed by atoms with Crippen molar-refractivity contribution in [2.24, 2.45) is 5.41 Å². The van der Waals surface area contributed by atoms with Gasteiger partial charge in [0.2, 0.25) is 0 Å². The Morgan fingerprint density at radius 2 is 1.95 bits per heavy atom. The molecule has 0 amide bonds. The fourth-order valence-electron chi connectivity index (χ4n) is 2.77. The maximum Gasteiger partial charge on any atom is 0.336 e. The number of rotatable bonds is 3. The molecular formula is C16H23NO3. The molecule has 1 aromatic carbocycles. The summed E-state index contributed by atoms with van der Waals surface area (Å²) in [7, 11) is 0. The lowest BCUT2D eigenvalue weighted by atomic mass is 9.71. The second-order valence-electron chi connectivity index (χ2n) is 6.58. The molecule has 0 spiro atoms. The van der Waals surface area contributed by atoms with Crippen LogP contribution < -0.4 is 0 Å². The van der Waals surface area contributed by atoms with E-state index in [1.807, 2.05) is 19.1 Å². The van der Waals surface area contributed by atoms with Crippen LogP contribution >= 0.6 is 0 Å². The molecule has 0 saturated carbocycles. The van der Waals surface area contributed by atoms with Crippen LogP contribution in [0.1, 0.15) is 43.1 Å². The van der Waals surface area contributed by atoms with Gasteiger partial charge in [0.15, 0.2) is 0 Å². The molecule has 0 radical (unpaired) electrons. The van der Waals surface area contributed by atoms with Crippen molar-refractivity contribution < 1.29 is 15.0 Å². The van der Waals surface area contributed by atoms with Crippen LogP contribution in [0.25, 0.3) is 0 Å². The van der Waals surface area contributed by atoms with Crippen LogP contribution in [0.4, 0.5) is 0 Å². The SMILES string of the molecule is CC1(C)CN(Cc2ccccc2C(=O)O)CC[C@]1(C)O. The van der Waals surface area contributed by atoms with E-state index in [1.165, 1.54) is 0 Å². The van der Waals surface area contributed by atoms with Crippen molar-refractivity contribution in [3.63, 3.8) is 0 Å². The molecule has 1 aliphatic heterocycles. The van der Waals surface area contributed by atoms with Crippen LogP contribution in [0.15, 0.2) is 24.3 Å². The highest BCUT2D eigenvalue weighted by Gasteiger charge is 2.43. The molecule has 110 valence electrons. The van der Waals surface area contributed by atoms with Gasteiger partial charge in [0.05, 0.1) is 11.2 Å². The number of hydrogen-bond acceptors (Lipinski definition) is 3. The van der Waals surface area contributed by atoms with Crippen molar-refractivity contribution in [3.8, 4) is 0 Å². The number of hydrogen-bond donors (Lipinski definition) is 2. The predicted octanol–water partition coefficient (Wildman–Crippen LogP) is 2.37. The summed E-state index contributed by atoms with van der Waals surface area (Å²) in [6.45, 7) is 8.15. The third kappa shape index (κ3) is 2.86.